The number of esters is 2. The van der Waals surface area contributed by atoms with Gasteiger partial charge >= 0.3 is 11.9 Å². The van der Waals surface area contributed by atoms with E-state index in [1.54, 1.807) is 11.8 Å². The number of carbonyl (C=O) groups is 3. The topological polar surface area (TPSA) is 116 Å². The minimum Gasteiger partial charge on any atom is -0.466 e. The van der Waals surface area contributed by atoms with Gasteiger partial charge in [0.05, 0.1) is 17.4 Å². The third kappa shape index (κ3) is 6.19. The second-order valence-corrected chi connectivity index (χ2v) is 6.20. The van der Waals surface area contributed by atoms with Gasteiger partial charge in [0, 0.05) is 31.3 Å². The van der Waals surface area contributed by atoms with Crippen molar-refractivity contribution in [3.8, 4) is 0 Å². The highest BCUT2D eigenvalue weighted by molar-refractivity contribution is 5.89. The molecule has 1 aliphatic heterocycles. The molecule has 150 valence electrons. The van der Waals surface area contributed by atoms with Gasteiger partial charge in [-0.15, -0.1) is 0 Å². The molecule has 0 aliphatic carbocycles. The number of hydrogen-bond donors (Lipinski definition) is 0. The maximum atomic E-state index is 12.1. The predicted molar refractivity (Wildman–Crippen MR) is 99.0 cm³/mol. The molecule has 1 aliphatic rings. The first-order valence-corrected chi connectivity index (χ1v) is 8.94. The fourth-order valence-corrected chi connectivity index (χ4v) is 2.77. The lowest BCUT2D eigenvalue weighted by Gasteiger charge is -2.30. The first-order valence-electron chi connectivity index (χ1n) is 8.94. The summed E-state index contributed by atoms with van der Waals surface area (Å²) >= 11 is 0. The Morgan fingerprint density at radius 2 is 1.82 bits per heavy atom. The summed E-state index contributed by atoms with van der Waals surface area (Å²) in [7, 11) is 0. The molecule has 28 heavy (non-hydrogen) atoms. The largest absolute Gasteiger partial charge is 0.466 e. The van der Waals surface area contributed by atoms with Crippen molar-refractivity contribution in [3.63, 3.8) is 0 Å². The summed E-state index contributed by atoms with van der Waals surface area (Å²) in [6.07, 6.45) is 3.65. The summed E-state index contributed by atoms with van der Waals surface area (Å²) in [5.41, 5.74) is 0.548. The highest BCUT2D eigenvalue weighted by Crippen LogP contribution is 2.19. The van der Waals surface area contributed by atoms with Crippen molar-refractivity contribution in [2.75, 3.05) is 26.3 Å². The Hall–Kier alpha value is -3.23. The molecule has 0 N–H and O–H groups in total. The summed E-state index contributed by atoms with van der Waals surface area (Å²) in [5, 5.41) is 10.6. The predicted octanol–water partition coefficient (Wildman–Crippen LogP) is 1.95. The summed E-state index contributed by atoms with van der Waals surface area (Å²) in [4.78, 5) is 47.2. The molecule has 1 aromatic carbocycles. The van der Waals surface area contributed by atoms with Crippen LogP contribution in [0, 0.1) is 16.0 Å². The fraction of sp³-hybridized carbons (Fsp3) is 0.421. The number of carbonyl (C=O) groups excluding carboxylic acids is 3. The van der Waals surface area contributed by atoms with Crippen molar-refractivity contribution in [1.82, 2.24) is 4.90 Å². The number of rotatable bonds is 7. The first-order chi connectivity index (χ1) is 13.4. The van der Waals surface area contributed by atoms with Crippen LogP contribution in [0.15, 0.2) is 30.3 Å². The van der Waals surface area contributed by atoms with Crippen molar-refractivity contribution in [1.29, 1.82) is 0 Å². The second kappa shape index (κ2) is 10.2. The van der Waals surface area contributed by atoms with Crippen LogP contribution in [0.3, 0.4) is 0 Å². The smallest absolute Gasteiger partial charge is 0.331 e. The van der Waals surface area contributed by atoms with Crippen molar-refractivity contribution < 1.29 is 28.8 Å². The van der Waals surface area contributed by atoms with E-state index in [-0.39, 0.29) is 30.1 Å². The lowest BCUT2D eigenvalue weighted by molar-refractivity contribution is -0.384. The first kappa shape index (κ1) is 21.1. The van der Waals surface area contributed by atoms with Gasteiger partial charge in [0.15, 0.2) is 6.61 Å². The highest BCUT2D eigenvalue weighted by Gasteiger charge is 2.28. The third-order valence-corrected chi connectivity index (χ3v) is 4.32. The van der Waals surface area contributed by atoms with Crippen LogP contribution in [0.4, 0.5) is 5.69 Å². The monoisotopic (exact) mass is 390 g/mol. The zero-order valence-corrected chi connectivity index (χ0v) is 15.5. The van der Waals surface area contributed by atoms with E-state index < -0.39 is 10.9 Å². The summed E-state index contributed by atoms with van der Waals surface area (Å²) in [5.74, 6) is -1.44. The standard InChI is InChI=1S/C19H22N2O7/c1-2-27-19(24)15-9-11-20(12-10-15)17(22)13-28-18(23)8-5-14-3-6-16(7-4-14)21(25)26/h3-8,15H,2,9-13H2,1H3/b8-5+. The van der Waals surface area contributed by atoms with Crippen LogP contribution in [0.2, 0.25) is 0 Å². The molecule has 0 spiro atoms. The van der Waals surface area contributed by atoms with Crippen molar-refractivity contribution in [3.05, 3.63) is 46.0 Å². The second-order valence-electron chi connectivity index (χ2n) is 6.20. The quantitative estimate of drug-likeness (QED) is 0.302. The average Bonchev–Trinajstić information content (AvgIpc) is 2.71. The summed E-state index contributed by atoms with van der Waals surface area (Å²) < 4.78 is 9.92. The van der Waals surface area contributed by atoms with Crippen LogP contribution >= 0.6 is 0 Å². The maximum absolute atomic E-state index is 12.1. The van der Waals surface area contributed by atoms with Gasteiger partial charge < -0.3 is 14.4 Å². The van der Waals surface area contributed by atoms with E-state index in [1.807, 2.05) is 0 Å². The molecular formula is C19H22N2O7. The molecular weight excluding hydrogens is 368 g/mol. The molecule has 0 radical (unpaired) electrons. The van der Waals surface area contributed by atoms with Crippen molar-refractivity contribution in [2.45, 2.75) is 19.8 Å². The van der Waals surface area contributed by atoms with E-state index in [0.717, 1.165) is 6.08 Å². The van der Waals surface area contributed by atoms with Crippen LogP contribution in [-0.4, -0.2) is 54.0 Å². The number of benzene rings is 1. The van der Waals surface area contributed by atoms with Crippen LogP contribution in [0.5, 0.6) is 0 Å². The fourth-order valence-electron chi connectivity index (χ4n) is 2.77. The van der Waals surface area contributed by atoms with Crippen LogP contribution in [0.25, 0.3) is 6.08 Å². The van der Waals surface area contributed by atoms with Crippen molar-refractivity contribution in [2.24, 2.45) is 5.92 Å². The number of nitro groups is 1. The molecule has 0 unspecified atom stereocenters. The van der Waals surface area contributed by atoms with E-state index in [2.05, 4.69) is 0 Å². The van der Waals surface area contributed by atoms with E-state index in [4.69, 9.17) is 9.47 Å². The molecule has 0 aromatic heterocycles. The van der Waals surface area contributed by atoms with Gasteiger partial charge in [-0.25, -0.2) is 4.79 Å². The van der Waals surface area contributed by atoms with E-state index in [1.165, 1.54) is 30.3 Å². The van der Waals surface area contributed by atoms with E-state index in [9.17, 15) is 24.5 Å². The molecule has 9 nitrogen and oxygen atoms in total. The minimum atomic E-state index is -0.687. The summed E-state index contributed by atoms with van der Waals surface area (Å²) in [6.45, 7) is 2.53. The normalized spacial score (nSPS) is 14.7. The van der Waals surface area contributed by atoms with Gasteiger partial charge in [0.25, 0.3) is 11.6 Å². The van der Waals surface area contributed by atoms with Gasteiger partial charge in [-0.05, 0) is 43.5 Å². The van der Waals surface area contributed by atoms with Gasteiger partial charge in [0.2, 0.25) is 0 Å². The van der Waals surface area contributed by atoms with E-state index >= 15 is 0 Å². The lowest BCUT2D eigenvalue weighted by Crippen LogP contribution is -2.42. The van der Waals surface area contributed by atoms with Crippen molar-refractivity contribution >= 4 is 29.6 Å². The maximum Gasteiger partial charge on any atom is 0.331 e. The Morgan fingerprint density at radius 1 is 1.18 bits per heavy atom. The minimum absolute atomic E-state index is 0.0444. The molecule has 1 amide bonds. The van der Waals surface area contributed by atoms with Crippen LogP contribution in [-0.2, 0) is 23.9 Å². The van der Waals surface area contributed by atoms with Gasteiger partial charge in [-0.1, -0.05) is 0 Å². The molecule has 1 aromatic rings. The Labute approximate surface area is 162 Å². The Balaban J connectivity index is 1.74. The Kier molecular flexibility index (Phi) is 7.67. The number of likely N-dealkylation sites (tertiary alicyclic amines) is 1. The summed E-state index contributed by atoms with van der Waals surface area (Å²) in [6, 6.07) is 5.66. The molecule has 9 heteroatoms. The highest BCUT2D eigenvalue weighted by atomic mass is 16.6. The molecule has 0 atom stereocenters. The number of amides is 1. The lowest BCUT2D eigenvalue weighted by atomic mass is 9.97. The molecule has 0 bridgehead atoms. The molecule has 1 fully saturated rings. The molecule has 1 heterocycles. The van der Waals surface area contributed by atoms with Gasteiger partial charge in [0.1, 0.15) is 0 Å². The number of piperidine rings is 1. The van der Waals surface area contributed by atoms with E-state index in [0.29, 0.717) is 38.1 Å². The zero-order valence-electron chi connectivity index (χ0n) is 15.5. The Morgan fingerprint density at radius 3 is 2.39 bits per heavy atom. The third-order valence-electron chi connectivity index (χ3n) is 4.32. The molecule has 2 rings (SSSR count). The zero-order chi connectivity index (χ0) is 20.5. The van der Waals surface area contributed by atoms with Gasteiger partial charge in [-0.2, -0.15) is 0 Å². The van der Waals surface area contributed by atoms with Gasteiger partial charge in [-0.3, -0.25) is 19.7 Å². The number of non-ortho nitro benzene ring substituents is 1. The number of ether oxygens (including phenoxy) is 2. The molecule has 0 saturated carbocycles. The van der Waals surface area contributed by atoms with Crippen LogP contribution < -0.4 is 0 Å². The average molecular weight is 390 g/mol. The molecule has 1 saturated heterocycles. The van der Waals surface area contributed by atoms with Crippen LogP contribution in [0.1, 0.15) is 25.3 Å². The SMILES string of the molecule is CCOC(=O)C1CCN(C(=O)COC(=O)/C=C/c2ccc([N+](=O)[O-])cc2)CC1. The Bertz CT molecular complexity index is 750. The number of nitrogens with zero attached hydrogens (tertiary/aromatic N) is 2. The number of hydrogen-bond acceptors (Lipinski definition) is 7. The number of nitro benzene ring substituents is 1.